The molecule has 1 amide bonds. The molecule has 3 heterocycles. The summed E-state index contributed by atoms with van der Waals surface area (Å²) in [4.78, 5) is 33.2. The van der Waals surface area contributed by atoms with Crippen molar-refractivity contribution < 1.29 is 19.1 Å². The fraction of sp³-hybridized carbons (Fsp3) is 0.526. The number of amides is 1. The van der Waals surface area contributed by atoms with Crippen molar-refractivity contribution in [3.05, 3.63) is 29.6 Å². The molecule has 26 heavy (non-hydrogen) atoms. The molecular formula is C19H25N3O4. The first-order valence-electron chi connectivity index (χ1n) is 8.82. The van der Waals surface area contributed by atoms with Crippen LogP contribution < -0.4 is 0 Å². The zero-order chi connectivity index (χ0) is 18.9. The third kappa shape index (κ3) is 3.81. The van der Waals surface area contributed by atoms with E-state index in [-0.39, 0.29) is 6.09 Å². The smallest absolute Gasteiger partial charge is 0.410 e. The lowest BCUT2D eigenvalue weighted by atomic mass is 9.89. The van der Waals surface area contributed by atoms with E-state index in [9.17, 15) is 9.59 Å². The van der Waals surface area contributed by atoms with Gasteiger partial charge in [0.2, 0.25) is 0 Å². The van der Waals surface area contributed by atoms with E-state index in [0.717, 1.165) is 29.4 Å². The number of ether oxygens (including phenoxy) is 2. The fourth-order valence-electron chi connectivity index (χ4n) is 3.29. The number of nitrogens with zero attached hydrogens (tertiary/aromatic N) is 2. The SMILES string of the molecule is COC(=O)c1cnc2[nH]cc(C3CCN(C(=O)OC(C)(C)C)CC3)c2c1. The molecule has 1 fully saturated rings. The van der Waals surface area contributed by atoms with E-state index in [4.69, 9.17) is 9.47 Å². The van der Waals surface area contributed by atoms with Crippen LogP contribution in [-0.4, -0.2) is 52.7 Å². The molecule has 140 valence electrons. The van der Waals surface area contributed by atoms with Gasteiger partial charge in [-0.3, -0.25) is 0 Å². The quantitative estimate of drug-likeness (QED) is 0.830. The number of rotatable bonds is 2. The van der Waals surface area contributed by atoms with E-state index in [2.05, 4.69) is 9.97 Å². The highest BCUT2D eigenvalue weighted by Crippen LogP contribution is 2.33. The third-order valence-corrected chi connectivity index (χ3v) is 4.57. The number of hydrogen-bond acceptors (Lipinski definition) is 5. The van der Waals surface area contributed by atoms with E-state index in [1.807, 2.05) is 33.0 Å². The Morgan fingerprint density at radius 1 is 1.27 bits per heavy atom. The minimum Gasteiger partial charge on any atom is -0.465 e. The molecule has 0 saturated carbocycles. The lowest BCUT2D eigenvalue weighted by Crippen LogP contribution is -2.41. The molecule has 0 radical (unpaired) electrons. The second-order valence-corrected chi connectivity index (χ2v) is 7.60. The summed E-state index contributed by atoms with van der Waals surface area (Å²) in [6, 6.07) is 1.82. The number of pyridine rings is 1. The van der Waals surface area contributed by atoms with Crippen molar-refractivity contribution in [2.45, 2.75) is 45.1 Å². The molecule has 7 heteroatoms. The molecule has 0 spiro atoms. The van der Waals surface area contributed by atoms with E-state index in [1.165, 1.54) is 13.3 Å². The monoisotopic (exact) mass is 359 g/mol. The van der Waals surface area contributed by atoms with Crippen molar-refractivity contribution in [1.82, 2.24) is 14.9 Å². The van der Waals surface area contributed by atoms with Gasteiger partial charge in [0.15, 0.2) is 0 Å². The normalized spacial score (nSPS) is 15.9. The van der Waals surface area contributed by atoms with Gasteiger partial charge >= 0.3 is 12.1 Å². The van der Waals surface area contributed by atoms with Crippen LogP contribution in [0.3, 0.4) is 0 Å². The Kier molecular flexibility index (Phi) is 4.89. The Hall–Kier alpha value is -2.57. The number of H-pyrrole nitrogens is 1. The zero-order valence-electron chi connectivity index (χ0n) is 15.7. The van der Waals surface area contributed by atoms with Gasteiger partial charge in [0.1, 0.15) is 11.2 Å². The van der Waals surface area contributed by atoms with Crippen LogP contribution in [-0.2, 0) is 9.47 Å². The van der Waals surface area contributed by atoms with Gasteiger partial charge in [0.05, 0.1) is 12.7 Å². The minimum absolute atomic E-state index is 0.260. The second kappa shape index (κ2) is 6.97. The summed E-state index contributed by atoms with van der Waals surface area (Å²) in [5.41, 5.74) is 1.83. The fourth-order valence-corrected chi connectivity index (χ4v) is 3.29. The molecule has 0 bridgehead atoms. The molecule has 0 unspecified atom stereocenters. The lowest BCUT2D eigenvalue weighted by molar-refractivity contribution is 0.0205. The molecule has 2 aromatic rings. The van der Waals surface area contributed by atoms with Gasteiger partial charge in [-0.05, 0) is 51.2 Å². The summed E-state index contributed by atoms with van der Waals surface area (Å²) in [5.74, 6) is -0.0940. The maximum absolute atomic E-state index is 12.2. The number of methoxy groups -OCH3 is 1. The summed E-state index contributed by atoms with van der Waals surface area (Å²) in [6.45, 7) is 6.91. The van der Waals surface area contributed by atoms with Crippen LogP contribution in [0.15, 0.2) is 18.5 Å². The van der Waals surface area contributed by atoms with E-state index in [0.29, 0.717) is 24.6 Å². The van der Waals surface area contributed by atoms with Crippen LogP contribution in [0.25, 0.3) is 11.0 Å². The highest BCUT2D eigenvalue weighted by atomic mass is 16.6. The number of nitrogens with one attached hydrogen (secondary N) is 1. The molecule has 0 aromatic carbocycles. The van der Waals surface area contributed by atoms with Gasteiger partial charge in [-0.15, -0.1) is 0 Å². The van der Waals surface area contributed by atoms with Gasteiger partial charge in [0, 0.05) is 30.9 Å². The number of aromatic amines is 1. The maximum atomic E-state index is 12.2. The van der Waals surface area contributed by atoms with Gasteiger partial charge in [-0.2, -0.15) is 0 Å². The van der Waals surface area contributed by atoms with Crippen LogP contribution in [0.4, 0.5) is 4.79 Å². The Labute approximate surface area is 152 Å². The Morgan fingerprint density at radius 3 is 2.58 bits per heavy atom. The van der Waals surface area contributed by atoms with E-state index >= 15 is 0 Å². The predicted molar refractivity (Wildman–Crippen MR) is 97.2 cm³/mol. The number of piperidine rings is 1. The van der Waals surface area contributed by atoms with E-state index in [1.54, 1.807) is 4.90 Å². The standard InChI is InChI=1S/C19H25N3O4/c1-19(2,3)26-18(24)22-7-5-12(6-8-22)15-11-21-16-14(15)9-13(10-20-16)17(23)25-4/h9-12H,5-8H2,1-4H3,(H,20,21). The molecule has 1 saturated heterocycles. The van der Waals surface area contributed by atoms with Crippen molar-refractivity contribution in [2.24, 2.45) is 0 Å². The van der Waals surface area contributed by atoms with Crippen LogP contribution in [0.5, 0.6) is 0 Å². The number of aromatic nitrogens is 2. The highest BCUT2D eigenvalue weighted by Gasteiger charge is 2.28. The van der Waals surface area contributed by atoms with Crippen LogP contribution >= 0.6 is 0 Å². The predicted octanol–water partition coefficient (Wildman–Crippen LogP) is 3.46. The Morgan fingerprint density at radius 2 is 1.96 bits per heavy atom. The largest absolute Gasteiger partial charge is 0.465 e. The van der Waals surface area contributed by atoms with Gasteiger partial charge in [0.25, 0.3) is 0 Å². The summed E-state index contributed by atoms with van der Waals surface area (Å²) in [5, 5.41) is 0.934. The summed E-state index contributed by atoms with van der Waals surface area (Å²) in [7, 11) is 1.36. The molecular weight excluding hydrogens is 334 g/mol. The number of esters is 1. The molecule has 1 aliphatic heterocycles. The molecule has 0 aliphatic carbocycles. The maximum Gasteiger partial charge on any atom is 0.410 e. The van der Waals surface area contributed by atoms with Gasteiger partial charge in [-0.25, -0.2) is 14.6 Å². The third-order valence-electron chi connectivity index (χ3n) is 4.57. The molecule has 0 atom stereocenters. The van der Waals surface area contributed by atoms with Crippen molar-refractivity contribution in [1.29, 1.82) is 0 Å². The zero-order valence-corrected chi connectivity index (χ0v) is 15.7. The average molecular weight is 359 g/mol. The minimum atomic E-state index is -0.485. The van der Waals surface area contributed by atoms with Gasteiger partial charge in [-0.1, -0.05) is 0 Å². The first-order chi connectivity index (χ1) is 12.3. The van der Waals surface area contributed by atoms with Crippen LogP contribution in [0.2, 0.25) is 0 Å². The van der Waals surface area contributed by atoms with Crippen LogP contribution in [0.1, 0.15) is 55.5 Å². The Balaban J connectivity index is 1.73. The van der Waals surface area contributed by atoms with Crippen molar-refractivity contribution >= 4 is 23.1 Å². The van der Waals surface area contributed by atoms with Crippen molar-refractivity contribution in [3.8, 4) is 0 Å². The van der Waals surface area contributed by atoms with Crippen molar-refractivity contribution in [2.75, 3.05) is 20.2 Å². The first kappa shape index (κ1) is 18.2. The second-order valence-electron chi connectivity index (χ2n) is 7.60. The first-order valence-corrected chi connectivity index (χ1v) is 8.82. The van der Waals surface area contributed by atoms with Crippen molar-refractivity contribution in [3.63, 3.8) is 0 Å². The lowest BCUT2D eigenvalue weighted by Gasteiger charge is -2.33. The number of fused-ring (bicyclic) bond motifs is 1. The summed E-state index contributed by atoms with van der Waals surface area (Å²) >= 11 is 0. The number of carbonyl (C=O) groups is 2. The van der Waals surface area contributed by atoms with E-state index < -0.39 is 11.6 Å². The Bertz CT molecular complexity index is 814. The molecule has 1 aliphatic rings. The van der Waals surface area contributed by atoms with Gasteiger partial charge < -0.3 is 19.4 Å². The summed E-state index contributed by atoms with van der Waals surface area (Å²) in [6.07, 6.45) is 4.89. The topological polar surface area (TPSA) is 84.5 Å². The molecule has 7 nitrogen and oxygen atoms in total. The number of likely N-dealkylation sites (tertiary alicyclic amines) is 1. The number of carbonyl (C=O) groups excluding carboxylic acids is 2. The number of hydrogen-bond donors (Lipinski definition) is 1. The van der Waals surface area contributed by atoms with Crippen LogP contribution in [0, 0.1) is 0 Å². The highest BCUT2D eigenvalue weighted by molar-refractivity contribution is 5.94. The average Bonchev–Trinajstić information content (AvgIpc) is 3.02. The molecule has 2 aromatic heterocycles. The molecule has 1 N–H and O–H groups in total. The summed E-state index contributed by atoms with van der Waals surface area (Å²) < 4.78 is 10.2. The molecule has 3 rings (SSSR count).